The molecule has 3 heterocycles. The smallest absolute Gasteiger partial charge is 0.176 e. The van der Waals surface area contributed by atoms with E-state index in [1.54, 1.807) is 6.07 Å². The van der Waals surface area contributed by atoms with Crippen molar-refractivity contribution in [2.75, 3.05) is 13.1 Å². The van der Waals surface area contributed by atoms with Crippen LogP contribution < -0.4 is 5.73 Å². The molecule has 1 aliphatic rings. The number of nitrogens with zero attached hydrogens (tertiary/aromatic N) is 2. The van der Waals surface area contributed by atoms with Gasteiger partial charge in [-0.2, -0.15) is 4.39 Å². The van der Waals surface area contributed by atoms with Crippen LogP contribution in [0.4, 0.5) is 4.39 Å². The van der Waals surface area contributed by atoms with E-state index in [9.17, 15) is 4.39 Å². The third kappa shape index (κ3) is 4.10. The minimum absolute atomic E-state index is 0.0167. The molecule has 0 unspecified atom stereocenters. The highest BCUT2D eigenvalue weighted by molar-refractivity contribution is 7.10. The molecule has 1 fully saturated rings. The summed E-state index contributed by atoms with van der Waals surface area (Å²) >= 11 is 1.26. The Kier molecular flexibility index (Phi) is 5.50. The van der Waals surface area contributed by atoms with Crippen LogP contribution in [0.1, 0.15) is 56.7 Å². The second kappa shape index (κ2) is 7.26. The first-order valence-corrected chi connectivity index (χ1v) is 10.6. The molecule has 0 amide bonds. The number of rotatable bonds is 6. The Bertz CT molecular complexity index is 776. The molecule has 0 bridgehead atoms. The molecule has 27 heavy (non-hydrogen) atoms. The highest BCUT2D eigenvalue weighted by Crippen LogP contribution is 2.47. The quantitative estimate of drug-likeness (QED) is 0.765. The maximum absolute atomic E-state index is 13.4. The average Bonchev–Trinajstić information content (AvgIpc) is 3.20. The van der Waals surface area contributed by atoms with Crippen molar-refractivity contribution in [2.45, 2.75) is 65.0 Å². The summed E-state index contributed by atoms with van der Waals surface area (Å²) in [6.45, 7) is 12.8. The van der Waals surface area contributed by atoms with E-state index in [0.717, 1.165) is 42.9 Å². The lowest BCUT2D eigenvalue weighted by Gasteiger charge is -2.44. The summed E-state index contributed by atoms with van der Waals surface area (Å²) in [6.07, 6.45) is 4.93. The van der Waals surface area contributed by atoms with Crippen molar-refractivity contribution in [2.24, 2.45) is 11.1 Å². The predicted molar refractivity (Wildman–Crippen MR) is 111 cm³/mol. The van der Waals surface area contributed by atoms with Crippen LogP contribution in [-0.4, -0.2) is 28.5 Å². The SMILES string of the molecule is Cc1ccc(C(C)(C)N2CC[C@](CCc3ccc(F)s3)(C(C)(C)N)C2)cn1. The van der Waals surface area contributed by atoms with Gasteiger partial charge in [-0.25, -0.2) is 0 Å². The molecule has 0 spiro atoms. The normalized spacial score (nSPS) is 21.7. The molecule has 0 aliphatic carbocycles. The topological polar surface area (TPSA) is 42.1 Å². The first kappa shape index (κ1) is 20.4. The van der Waals surface area contributed by atoms with Gasteiger partial charge in [0.25, 0.3) is 0 Å². The van der Waals surface area contributed by atoms with E-state index in [2.05, 4.69) is 49.7 Å². The molecule has 2 aromatic rings. The van der Waals surface area contributed by atoms with Gasteiger partial charge >= 0.3 is 0 Å². The number of pyridine rings is 1. The Hall–Kier alpha value is -1.30. The molecular formula is C22H32FN3S. The highest BCUT2D eigenvalue weighted by atomic mass is 32.1. The van der Waals surface area contributed by atoms with Crippen LogP contribution in [0.25, 0.3) is 0 Å². The summed E-state index contributed by atoms with van der Waals surface area (Å²) in [4.78, 5) is 8.15. The van der Waals surface area contributed by atoms with Gasteiger partial charge in [0.1, 0.15) is 0 Å². The average molecular weight is 390 g/mol. The first-order chi connectivity index (χ1) is 12.5. The van der Waals surface area contributed by atoms with Crippen molar-refractivity contribution in [3.05, 3.63) is 51.7 Å². The van der Waals surface area contributed by atoms with Crippen LogP contribution in [0.15, 0.2) is 30.5 Å². The minimum atomic E-state index is -0.292. The van der Waals surface area contributed by atoms with Gasteiger partial charge in [-0.05, 0) is 84.2 Å². The molecule has 148 valence electrons. The Morgan fingerprint density at radius 2 is 1.96 bits per heavy atom. The number of thiophene rings is 1. The van der Waals surface area contributed by atoms with Crippen LogP contribution in [0, 0.1) is 17.5 Å². The van der Waals surface area contributed by atoms with E-state index in [0.29, 0.717) is 0 Å². The first-order valence-electron chi connectivity index (χ1n) is 9.75. The van der Waals surface area contributed by atoms with E-state index < -0.39 is 0 Å². The van der Waals surface area contributed by atoms with Gasteiger partial charge < -0.3 is 5.73 Å². The Balaban J connectivity index is 1.80. The van der Waals surface area contributed by atoms with Crippen LogP contribution in [0.2, 0.25) is 0 Å². The molecule has 0 saturated carbocycles. The molecule has 1 aliphatic heterocycles. The Labute approximate surface area is 166 Å². The van der Waals surface area contributed by atoms with Crippen LogP contribution in [-0.2, 0) is 12.0 Å². The van der Waals surface area contributed by atoms with Crippen LogP contribution in [0.3, 0.4) is 0 Å². The summed E-state index contributed by atoms with van der Waals surface area (Å²) in [7, 11) is 0. The van der Waals surface area contributed by atoms with E-state index >= 15 is 0 Å². The Morgan fingerprint density at radius 1 is 1.22 bits per heavy atom. The van der Waals surface area contributed by atoms with Gasteiger partial charge in [-0.3, -0.25) is 9.88 Å². The molecular weight excluding hydrogens is 357 g/mol. The maximum Gasteiger partial charge on any atom is 0.176 e. The fraction of sp³-hybridized carbons (Fsp3) is 0.591. The molecule has 0 radical (unpaired) electrons. The number of nitrogens with two attached hydrogens (primary N) is 1. The van der Waals surface area contributed by atoms with E-state index in [1.165, 1.54) is 16.9 Å². The molecule has 3 nitrogen and oxygen atoms in total. The van der Waals surface area contributed by atoms with Gasteiger partial charge in [0.05, 0.1) is 0 Å². The molecule has 1 saturated heterocycles. The van der Waals surface area contributed by atoms with Crippen molar-refractivity contribution < 1.29 is 4.39 Å². The van der Waals surface area contributed by atoms with E-state index in [1.807, 2.05) is 19.2 Å². The number of hydrogen-bond donors (Lipinski definition) is 1. The number of aromatic nitrogens is 1. The van der Waals surface area contributed by atoms with Gasteiger partial charge in [0.15, 0.2) is 5.13 Å². The predicted octanol–water partition coefficient (Wildman–Crippen LogP) is 4.89. The van der Waals surface area contributed by atoms with Gasteiger partial charge in [-0.15, -0.1) is 11.3 Å². The summed E-state index contributed by atoms with van der Waals surface area (Å²) in [5.41, 5.74) is 8.60. The third-order valence-electron chi connectivity index (χ3n) is 6.61. The van der Waals surface area contributed by atoms with E-state index in [-0.39, 0.29) is 21.6 Å². The number of halogens is 1. The lowest BCUT2D eigenvalue weighted by Crippen LogP contribution is -2.53. The van der Waals surface area contributed by atoms with Gasteiger partial charge in [0, 0.05) is 39.8 Å². The largest absolute Gasteiger partial charge is 0.325 e. The summed E-state index contributed by atoms with van der Waals surface area (Å²) < 4.78 is 13.4. The van der Waals surface area contributed by atoms with E-state index in [4.69, 9.17) is 5.73 Å². The van der Waals surface area contributed by atoms with Crippen LogP contribution in [0.5, 0.6) is 0 Å². The maximum atomic E-state index is 13.4. The summed E-state index contributed by atoms with van der Waals surface area (Å²) in [5.74, 6) is 0. The van der Waals surface area contributed by atoms with Crippen LogP contribution >= 0.6 is 11.3 Å². The lowest BCUT2D eigenvalue weighted by molar-refractivity contribution is 0.0924. The molecule has 2 N–H and O–H groups in total. The molecule has 0 aromatic carbocycles. The summed E-state index contributed by atoms with van der Waals surface area (Å²) in [5, 5.41) is -0.105. The zero-order valence-electron chi connectivity index (χ0n) is 17.2. The van der Waals surface area contributed by atoms with Crippen molar-refractivity contribution in [3.63, 3.8) is 0 Å². The fourth-order valence-electron chi connectivity index (χ4n) is 4.26. The lowest BCUT2D eigenvalue weighted by atomic mass is 9.68. The monoisotopic (exact) mass is 389 g/mol. The number of hydrogen-bond acceptors (Lipinski definition) is 4. The van der Waals surface area contributed by atoms with Crippen molar-refractivity contribution in [1.82, 2.24) is 9.88 Å². The standard InChI is InChI=1S/C22H32FN3S/c1-16-6-7-17(14-25-16)20(2,3)26-13-12-22(15-26,21(4,5)24)11-10-18-8-9-19(23)27-18/h6-9,14H,10-13,15,24H2,1-5H3/t22-/m0/s1. The zero-order valence-corrected chi connectivity index (χ0v) is 18.0. The fourth-order valence-corrected chi connectivity index (χ4v) is 4.99. The van der Waals surface area contributed by atoms with Crippen molar-refractivity contribution in [3.8, 4) is 0 Å². The molecule has 3 rings (SSSR count). The van der Waals surface area contributed by atoms with Gasteiger partial charge in [0.2, 0.25) is 0 Å². The number of likely N-dealkylation sites (tertiary alicyclic amines) is 1. The minimum Gasteiger partial charge on any atom is -0.325 e. The van der Waals surface area contributed by atoms with Crippen molar-refractivity contribution in [1.29, 1.82) is 0 Å². The molecule has 2 aromatic heterocycles. The second-order valence-corrected chi connectivity index (χ2v) is 10.2. The van der Waals surface area contributed by atoms with Gasteiger partial charge in [-0.1, -0.05) is 6.07 Å². The Morgan fingerprint density at radius 3 is 2.52 bits per heavy atom. The molecule has 5 heteroatoms. The van der Waals surface area contributed by atoms with Crippen molar-refractivity contribution >= 4 is 11.3 Å². The molecule has 1 atom stereocenters. The summed E-state index contributed by atoms with van der Waals surface area (Å²) in [6, 6.07) is 7.74. The number of aryl methyl sites for hydroxylation is 2. The third-order valence-corrected chi connectivity index (χ3v) is 7.54. The highest BCUT2D eigenvalue weighted by Gasteiger charge is 2.50. The zero-order chi connectivity index (χ0) is 19.9. The second-order valence-electron chi connectivity index (χ2n) is 9.13.